The van der Waals surface area contributed by atoms with Gasteiger partial charge in [0.15, 0.2) is 11.6 Å². The number of alkyl halides is 3. The highest BCUT2D eigenvalue weighted by Gasteiger charge is 2.30. The first-order valence-corrected chi connectivity index (χ1v) is 11.7. The smallest absolute Gasteiger partial charge is 0.365 e. The van der Waals surface area contributed by atoms with Gasteiger partial charge in [-0.2, -0.15) is 13.2 Å². The molecule has 0 saturated heterocycles. The molecule has 0 spiro atoms. The number of nitrogens with two attached hydrogens (primary N) is 2. The van der Waals surface area contributed by atoms with Crippen molar-refractivity contribution in [3.63, 3.8) is 0 Å². The Bertz CT molecular complexity index is 1330. The topological polar surface area (TPSA) is 148 Å². The number of carbonyl (C=O) groups is 2. The number of primary amides is 1. The Morgan fingerprint density at radius 1 is 0.974 bits per heavy atom. The van der Waals surface area contributed by atoms with E-state index in [0.29, 0.717) is 0 Å². The number of nitrogens with zero attached hydrogens (tertiary/aromatic N) is 2. The third-order valence-electron chi connectivity index (χ3n) is 6.12. The van der Waals surface area contributed by atoms with Gasteiger partial charge in [-0.3, -0.25) is 14.6 Å². The summed E-state index contributed by atoms with van der Waals surface area (Å²) >= 11 is 0. The Balaban J connectivity index is 1.53. The predicted octanol–water partition coefficient (Wildman–Crippen LogP) is 4.41. The number of pyridine rings is 2. The molecule has 1 fully saturated rings. The van der Waals surface area contributed by atoms with Gasteiger partial charge in [-0.25, -0.2) is 9.37 Å². The summed E-state index contributed by atoms with van der Waals surface area (Å²) in [4.78, 5) is 32.7. The van der Waals surface area contributed by atoms with Crippen LogP contribution in [0.2, 0.25) is 0 Å². The van der Waals surface area contributed by atoms with E-state index in [0.717, 1.165) is 56.0 Å². The summed E-state index contributed by atoms with van der Waals surface area (Å²) in [7, 11) is 0. The minimum absolute atomic E-state index is 0.00390. The molecule has 2 unspecified atom stereocenters. The number of hydrogen-bond acceptors (Lipinski definition) is 7. The third-order valence-corrected chi connectivity index (χ3v) is 6.12. The van der Waals surface area contributed by atoms with E-state index < -0.39 is 29.4 Å². The summed E-state index contributed by atoms with van der Waals surface area (Å²) < 4.78 is 53.1. The molecule has 2 amide bonds. The number of halogens is 4. The fourth-order valence-electron chi connectivity index (χ4n) is 4.11. The maximum Gasteiger partial charge on any atom is 0.416 e. The predicted molar refractivity (Wildman–Crippen MR) is 133 cm³/mol. The molecule has 2 aromatic heterocycles. The molecule has 0 radical (unpaired) electrons. The van der Waals surface area contributed by atoms with Gasteiger partial charge in [0, 0.05) is 17.6 Å². The molecule has 38 heavy (non-hydrogen) atoms. The van der Waals surface area contributed by atoms with Gasteiger partial charge in [-0.05, 0) is 49.2 Å². The number of aromatic nitrogens is 2. The van der Waals surface area contributed by atoms with Crippen LogP contribution >= 0.6 is 0 Å². The van der Waals surface area contributed by atoms with Crippen LogP contribution in [-0.4, -0.2) is 33.9 Å². The molecule has 1 aliphatic rings. The van der Waals surface area contributed by atoms with Crippen molar-refractivity contribution in [2.45, 2.75) is 43.9 Å². The fraction of sp³-hybridized carbons (Fsp3) is 0.280. The number of rotatable bonds is 7. The molecular weight excluding hydrogens is 506 g/mol. The highest BCUT2D eigenvalue weighted by atomic mass is 19.4. The van der Waals surface area contributed by atoms with E-state index in [1.807, 2.05) is 0 Å². The lowest BCUT2D eigenvalue weighted by atomic mass is 9.91. The monoisotopic (exact) mass is 531 g/mol. The zero-order chi connectivity index (χ0) is 27.4. The number of anilines is 4. The molecule has 3 aromatic rings. The molecule has 200 valence electrons. The van der Waals surface area contributed by atoms with Gasteiger partial charge in [-0.1, -0.05) is 12.8 Å². The van der Waals surface area contributed by atoms with Crippen LogP contribution in [0.15, 0.2) is 48.8 Å². The zero-order valence-corrected chi connectivity index (χ0v) is 20.0. The first kappa shape index (κ1) is 26.8. The number of benzene rings is 1. The van der Waals surface area contributed by atoms with Crippen molar-refractivity contribution in [3.8, 4) is 0 Å². The van der Waals surface area contributed by atoms with Gasteiger partial charge < -0.3 is 27.4 Å². The highest BCUT2D eigenvalue weighted by molar-refractivity contribution is 6.04. The molecule has 2 heterocycles. The van der Waals surface area contributed by atoms with Crippen molar-refractivity contribution in [3.05, 3.63) is 71.3 Å². The first-order valence-electron chi connectivity index (χ1n) is 11.7. The second-order valence-electron chi connectivity index (χ2n) is 8.89. The van der Waals surface area contributed by atoms with Crippen molar-refractivity contribution in [1.82, 2.24) is 9.97 Å². The van der Waals surface area contributed by atoms with Crippen LogP contribution in [-0.2, 0) is 6.18 Å². The van der Waals surface area contributed by atoms with Gasteiger partial charge in [0.05, 0.1) is 34.9 Å². The maximum absolute atomic E-state index is 14.7. The molecule has 13 heteroatoms. The molecule has 0 bridgehead atoms. The first-order chi connectivity index (χ1) is 18.0. The van der Waals surface area contributed by atoms with Crippen molar-refractivity contribution in [1.29, 1.82) is 0 Å². The third kappa shape index (κ3) is 6.35. The van der Waals surface area contributed by atoms with Crippen molar-refractivity contribution in [2.75, 3.05) is 16.0 Å². The average molecular weight is 532 g/mol. The van der Waals surface area contributed by atoms with Crippen LogP contribution in [0, 0.1) is 5.82 Å². The Morgan fingerprint density at radius 2 is 1.66 bits per heavy atom. The van der Waals surface area contributed by atoms with E-state index in [2.05, 4.69) is 25.9 Å². The summed E-state index contributed by atoms with van der Waals surface area (Å²) in [6.45, 7) is 0. The van der Waals surface area contributed by atoms with Crippen molar-refractivity contribution in [2.24, 2.45) is 11.5 Å². The molecular formula is C25H25F4N7O2. The zero-order valence-electron chi connectivity index (χ0n) is 20.0. The minimum atomic E-state index is -4.52. The summed E-state index contributed by atoms with van der Waals surface area (Å²) in [6, 6.07) is 5.79. The van der Waals surface area contributed by atoms with E-state index in [4.69, 9.17) is 11.5 Å². The molecule has 4 rings (SSSR count). The Morgan fingerprint density at radius 3 is 2.32 bits per heavy atom. The average Bonchev–Trinajstić information content (AvgIpc) is 2.86. The molecule has 9 nitrogen and oxygen atoms in total. The van der Waals surface area contributed by atoms with Gasteiger partial charge >= 0.3 is 6.18 Å². The number of carbonyl (C=O) groups excluding carboxylic acids is 2. The van der Waals surface area contributed by atoms with Crippen LogP contribution in [0.5, 0.6) is 0 Å². The van der Waals surface area contributed by atoms with Crippen molar-refractivity contribution >= 4 is 34.8 Å². The van der Waals surface area contributed by atoms with Crippen molar-refractivity contribution < 1.29 is 27.2 Å². The van der Waals surface area contributed by atoms with Crippen LogP contribution in [0.1, 0.15) is 52.0 Å². The Kier molecular flexibility index (Phi) is 7.76. The minimum Gasteiger partial charge on any atom is -0.365 e. The lowest BCUT2D eigenvalue weighted by molar-refractivity contribution is -0.137. The lowest BCUT2D eigenvalue weighted by Gasteiger charge is -2.30. The molecule has 0 aliphatic heterocycles. The fourth-order valence-corrected chi connectivity index (χ4v) is 4.11. The van der Waals surface area contributed by atoms with E-state index >= 15 is 0 Å². The summed E-state index contributed by atoms with van der Waals surface area (Å²) in [5.74, 6) is -2.48. The summed E-state index contributed by atoms with van der Waals surface area (Å²) in [5, 5.41) is 8.41. The molecule has 1 aromatic carbocycles. The lowest BCUT2D eigenvalue weighted by Crippen LogP contribution is -2.43. The van der Waals surface area contributed by atoms with Crippen LogP contribution < -0.4 is 27.4 Å². The summed E-state index contributed by atoms with van der Waals surface area (Å²) in [6.07, 6.45) is 1.63. The molecule has 1 aliphatic carbocycles. The Hall–Kier alpha value is -4.26. The van der Waals surface area contributed by atoms with Gasteiger partial charge in [0.2, 0.25) is 0 Å². The van der Waals surface area contributed by atoms with Crippen LogP contribution in [0.4, 0.5) is 40.6 Å². The normalized spacial score (nSPS) is 17.5. The second-order valence-corrected chi connectivity index (χ2v) is 8.89. The standard InChI is InChI=1S/C25H25F4N7O2/c26-18-10-17(21(31)37)22(36-23(18)35-20-4-2-1-3-19(20)30)33-15-9-16(12-32-11-15)34-24(38)13-5-7-14(8-6-13)25(27,28)29/h5-12,19-20H,1-4,30H2,(H2,31,37)(H,34,38)(H2,33,35,36). The Labute approximate surface area is 215 Å². The number of amides is 2. The van der Waals surface area contributed by atoms with E-state index in [1.54, 1.807) is 0 Å². The quantitative estimate of drug-likeness (QED) is 0.284. The van der Waals surface area contributed by atoms with Gasteiger partial charge in [0.1, 0.15) is 5.82 Å². The number of nitrogens with one attached hydrogen (secondary N) is 3. The van der Waals surface area contributed by atoms with Crippen LogP contribution in [0.3, 0.4) is 0 Å². The largest absolute Gasteiger partial charge is 0.416 e. The van der Waals surface area contributed by atoms with Gasteiger partial charge in [-0.15, -0.1) is 0 Å². The van der Waals surface area contributed by atoms with Gasteiger partial charge in [0.25, 0.3) is 11.8 Å². The molecule has 2 atom stereocenters. The van der Waals surface area contributed by atoms with E-state index in [9.17, 15) is 27.2 Å². The molecule has 1 saturated carbocycles. The summed E-state index contributed by atoms with van der Waals surface area (Å²) in [5.41, 5.74) is 11.0. The molecule has 7 N–H and O–H groups in total. The van der Waals surface area contributed by atoms with Crippen LogP contribution in [0.25, 0.3) is 0 Å². The highest BCUT2D eigenvalue weighted by Crippen LogP contribution is 2.30. The SMILES string of the molecule is NC(=O)c1cc(F)c(NC2CCCCC2N)nc1Nc1cncc(NC(=O)c2ccc(C(F)(F)F)cc2)c1. The van der Waals surface area contributed by atoms with E-state index in [1.165, 1.54) is 18.5 Å². The van der Waals surface area contributed by atoms with E-state index in [-0.39, 0.29) is 46.2 Å². The number of hydrogen-bond donors (Lipinski definition) is 5. The maximum atomic E-state index is 14.7. The second kappa shape index (κ2) is 11.0.